The SMILES string of the molecule is CC/C=C/C(=O)N1CCn2cccc2[C@@H]1C. The Hall–Kier alpha value is -1.51. The van der Waals surface area contributed by atoms with E-state index in [4.69, 9.17) is 0 Å². The molecule has 3 heteroatoms. The Morgan fingerprint density at radius 2 is 2.38 bits per heavy atom. The predicted molar refractivity (Wildman–Crippen MR) is 64.0 cm³/mol. The Morgan fingerprint density at radius 1 is 1.56 bits per heavy atom. The third-order valence-electron chi connectivity index (χ3n) is 3.12. The van der Waals surface area contributed by atoms with E-state index in [0.717, 1.165) is 19.5 Å². The van der Waals surface area contributed by atoms with Crippen molar-refractivity contribution in [3.8, 4) is 0 Å². The zero-order chi connectivity index (χ0) is 11.5. The first-order valence-electron chi connectivity index (χ1n) is 5.86. The smallest absolute Gasteiger partial charge is 0.246 e. The summed E-state index contributed by atoms with van der Waals surface area (Å²) in [4.78, 5) is 13.9. The van der Waals surface area contributed by atoms with Crippen LogP contribution in [0, 0.1) is 0 Å². The average molecular weight is 218 g/mol. The molecule has 16 heavy (non-hydrogen) atoms. The van der Waals surface area contributed by atoms with Gasteiger partial charge in [-0.3, -0.25) is 4.79 Å². The number of nitrogens with zero attached hydrogens (tertiary/aromatic N) is 2. The van der Waals surface area contributed by atoms with Crippen LogP contribution in [0.25, 0.3) is 0 Å². The summed E-state index contributed by atoms with van der Waals surface area (Å²) in [5.41, 5.74) is 1.23. The molecule has 1 atom stereocenters. The fraction of sp³-hybridized carbons (Fsp3) is 0.462. The molecule has 3 nitrogen and oxygen atoms in total. The first-order chi connectivity index (χ1) is 7.74. The molecule has 0 saturated heterocycles. The largest absolute Gasteiger partial charge is 0.348 e. The van der Waals surface area contributed by atoms with Crippen molar-refractivity contribution in [1.29, 1.82) is 0 Å². The van der Waals surface area contributed by atoms with Crippen LogP contribution in [0.1, 0.15) is 32.0 Å². The highest BCUT2D eigenvalue weighted by atomic mass is 16.2. The number of aromatic nitrogens is 1. The second kappa shape index (κ2) is 4.56. The van der Waals surface area contributed by atoms with Crippen molar-refractivity contribution in [3.05, 3.63) is 36.2 Å². The minimum atomic E-state index is 0.127. The Balaban J connectivity index is 2.15. The third kappa shape index (κ3) is 1.90. The van der Waals surface area contributed by atoms with Crippen molar-refractivity contribution in [3.63, 3.8) is 0 Å². The number of rotatable bonds is 2. The van der Waals surface area contributed by atoms with Gasteiger partial charge in [0.05, 0.1) is 6.04 Å². The van der Waals surface area contributed by atoms with Crippen molar-refractivity contribution in [2.75, 3.05) is 6.54 Å². The van der Waals surface area contributed by atoms with E-state index >= 15 is 0 Å². The van der Waals surface area contributed by atoms with Crippen LogP contribution in [0.3, 0.4) is 0 Å². The van der Waals surface area contributed by atoms with E-state index in [-0.39, 0.29) is 11.9 Å². The van der Waals surface area contributed by atoms with Crippen molar-refractivity contribution in [2.24, 2.45) is 0 Å². The molecule has 0 radical (unpaired) electrons. The minimum Gasteiger partial charge on any atom is -0.348 e. The monoisotopic (exact) mass is 218 g/mol. The van der Waals surface area contributed by atoms with Gasteiger partial charge in [-0.25, -0.2) is 0 Å². The summed E-state index contributed by atoms with van der Waals surface area (Å²) in [6.07, 6.45) is 6.59. The molecule has 0 aliphatic carbocycles. The van der Waals surface area contributed by atoms with Gasteiger partial charge in [-0.2, -0.15) is 0 Å². The molecule has 0 N–H and O–H groups in total. The van der Waals surface area contributed by atoms with Crippen LogP contribution >= 0.6 is 0 Å². The van der Waals surface area contributed by atoms with Gasteiger partial charge in [-0.15, -0.1) is 0 Å². The molecule has 0 spiro atoms. The Labute approximate surface area is 96.4 Å². The van der Waals surface area contributed by atoms with Crippen LogP contribution in [-0.4, -0.2) is 21.9 Å². The normalized spacial score (nSPS) is 20.1. The lowest BCUT2D eigenvalue weighted by Gasteiger charge is -2.34. The zero-order valence-electron chi connectivity index (χ0n) is 9.89. The third-order valence-corrected chi connectivity index (χ3v) is 3.12. The van der Waals surface area contributed by atoms with Crippen LogP contribution in [0.15, 0.2) is 30.5 Å². The zero-order valence-corrected chi connectivity index (χ0v) is 9.89. The van der Waals surface area contributed by atoms with E-state index in [1.165, 1.54) is 5.69 Å². The second-order valence-corrected chi connectivity index (χ2v) is 4.14. The molecular formula is C13H18N2O. The topological polar surface area (TPSA) is 25.2 Å². The molecule has 0 bridgehead atoms. The number of amides is 1. The maximum absolute atomic E-state index is 11.9. The Morgan fingerprint density at radius 3 is 3.12 bits per heavy atom. The maximum atomic E-state index is 11.9. The minimum absolute atomic E-state index is 0.127. The number of allylic oxidation sites excluding steroid dienone is 1. The van der Waals surface area contributed by atoms with E-state index in [2.05, 4.69) is 23.8 Å². The highest BCUT2D eigenvalue weighted by Gasteiger charge is 2.25. The van der Waals surface area contributed by atoms with Gasteiger partial charge in [-0.1, -0.05) is 13.0 Å². The van der Waals surface area contributed by atoms with Crippen molar-refractivity contribution < 1.29 is 4.79 Å². The lowest BCUT2D eigenvalue weighted by Crippen LogP contribution is -2.39. The molecule has 86 valence electrons. The molecule has 0 saturated carbocycles. The molecule has 2 rings (SSSR count). The number of carbonyl (C=O) groups excluding carboxylic acids is 1. The highest BCUT2D eigenvalue weighted by molar-refractivity contribution is 5.87. The van der Waals surface area contributed by atoms with E-state index < -0.39 is 0 Å². The first kappa shape index (κ1) is 11.0. The number of fused-ring (bicyclic) bond motifs is 1. The lowest BCUT2D eigenvalue weighted by atomic mass is 10.1. The van der Waals surface area contributed by atoms with Gasteiger partial charge in [0.25, 0.3) is 0 Å². The lowest BCUT2D eigenvalue weighted by molar-refractivity contribution is -0.129. The van der Waals surface area contributed by atoms with Crippen LogP contribution in [0.4, 0.5) is 0 Å². The number of carbonyl (C=O) groups is 1. The van der Waals surface area contributed by atoms with Gasteiger partial charge >= 0.3 is 0 Å². The predicted octanol–water partition coefficient (Wildman–Crippen LogP) is 2.36. The molecular weight excluding hydrogens is 200 g/mol. The molecule has 0 aromatic carbocycles. The second-order valence-electron chi connectivity index (χ2n) is 4.14. The van der Waals surface area contributed by atoms with Crippen LogP contribution < -0.4 is 0 Å². The van der Waals surface area contributed by atoms with Gasteiger partial charge in [0.1, 0.15) is 0 Å². The molecule has 2 heterocycles. The van der Waals surface area contributed by atoms with Crippen LogP contribution in [0.5, 0.6) is 0 Å². The summed E-state index contributed by atoms with van der Waals surface area (Å²) < 4.78 is 2.22. The quantitative estimate of drug-likeness (QED) is 0.699. The van der Waals surface area contributed by atoms with Crippen LogP contribution in [-0.2, 0) is 11.3 Å². The van der Waals surface area contributed by atoms with Crippen molar-refractivity contribution in [2.45, 2.75) is 32.9 Å². The molecule has 1 aromatic heterocycles. The maximum Gasteiger partial charge on any atom is 0.246 e. The van der Waals surface area contributed by atoms with Gasteiger partial charge in [-0.05, 0) is 31.6 Å². The molecule has 1 aliphatic rings. The fourth-order valence-corrected chi connectivity index (χ4v) is 2.19. The van der Waals surface area contributed by atoms with Gasteiger partial charge in [0, 0.05) is 25.0 Å². The highest BCUT2D eigenvalue weighted by Crippen LogP contribution is 2.25. The molecule has 1 aromatic rings. The van der Waals surface area contributed by atoms with Crippen molar-refractivity contribution in [1.82, 2.24) is 9.47 Å². The summed E-state index contributed by atoms with van der Waals surface area (Å²) in [5, 5.41) is 0. The summed E-state index contributed by atoms with van der Waals surface area (Å²) in [7, 11) is 0. The van der Waals surface area contributed by atoms with Crippen molar-refractivity contribution >= 4 is 5.91 Å². The molecule has 0 fully saturated rings. The van der Waals surface area contributed by atoms with E-state index in [9.17, 15) is 4.79 Å². The first-order valence-corrected chi connectivity index (χ1v) is 5.86. The van der Waals surface area contributed by atoms with Gasteiger partial charge in [0.15, 0.2) is 0 Å². The summed E-state index contributed by atoms with van der Waals surface area (Å²) >= 11 is 0. The number of hydrogen-bond donors (Lipinski definition) is 0. The molecule has 1 amide bonds. The Bertz CT molecular complexity index is 406. The van der Waals surface area contributed by atoms with Gasteiger partial charge < -0.3 is 9.47 Å². The van der Waals surface area contributed by atoms with E-state index in [1.54, 1.807) is 6.08 Å². The fourth-order valence-electron chi connectivity index (χ4n) is 2.19. The number of hydrogen-bond acceptors (Lipinski definition) is 1. The van der Waals surface area contributed by atoms with Gasteiger partial charge in [0.2, 0.25) is 5.91 Å². The standard InChI is InChI=1S/C13H18N2O/c1-3-4-7-13(16)15-10-9-14-8-5-6-12(14)11(15)2/h4-8,11H,3,9-10H2,1-2H3/b7-4+/t11-/m0/s1. The summed E-state index contributed by atoms with van der Waals surface area (Å²) in [5.74, 6) is 0.127. The van der Waals surface area contributed by atoms with E-state index in [1.807, 2.05) is 24.0 Å². The molecule has 1 aliphatic heterocycles. The molecule has 0 unspecified atom stereocenters. The average Bonchev–Trinajstić information content (AvgIpc) is 2.75. The Kier molecular flexibility index (Phi) is 3.13. The van der Waals surface area contributed by atoms with E-state index in [0.29, 0.717) is 0 Å². The summed E-state index contributed by atoms with van der Waals surface area (Å²) in [6.45, 7) is 5.82. The van der Waals surface area contributed by atoms with Crippen LogP contribution in [0.2, 0.25) is 0 Å². The summed E-state index contributed by atoms with van der Waals surface area (Å²) in [6, 6.07) is 4.31.